The third-order valence-corrected chi connectivity index (χ3v) is 3.70. The van der Waals surface area contributed by atoms with Crippen LogP contribution in [-0.4, -0.2) is 55.8 Å². The summed E-state index contributed by atoms with van der Waals surface area (Å²) in [6.45, 7) is 2.46. The number of piperidine rings is 1. The average Bonchev–Trinajstić information content (AvgIpc) is 2.92. The topological polar surface area (TPSA) is 111 Å². The molecule has 1 fully saturated rings. The van der Waals surface area contributed by atoms with Crippen LogP contribution in [0.2, 0.25) is 0 Å². The molecule has 20 heavy (non-hydrogen) atoms. The number of hydrogen-bond donors (Lipinski definition) is 3. The molecule has 8 nitrogen and oxygen atoms in total. The van der Waals surface area contributed by atoms with Crippen molar-refractivity contribution in [1.29, 1.82) is 0 Å². The van der Waals surface area contributed by atoms with E-state index >= 15 is 0 Å². The zero-order valence-corrected chi connectivity index (χ0v) is 11.4. The Bertz CT molecular complexity index is 475. The molecule has 110 valence electrons. The molecule has 0 saturated carbocycles. The van der Waals surface area contributed by atoms with E-state index in [2.05, 4.69) is 20.5 Å². The predicted octanol–water partition coefficient (Wildman–Crippen LogP) is 0.386. The molecule has 1 aromatic rings. The summed E-state index contributed by atoms with van der Waals surface area (Å²) >= 11 is 0. The molecular formula is C12H19N5O3. The SMILES string of the molecule is CC1(C(=O)O)CCCCN1C(=O)NCCc1ncn[nH]1. The zero-order valence-electron chi connectivity index (χ0n) is 11.4. The molecule has 1 aliphatic heterocycles. The van der Waals surface area contributed by atoms with Crippen LogP contribution in [0.4, 0.5) is 4.79 Å². The van der Waals surface area contributed by atoms with E-state index in [1.165, 1.54) is 11.2 Å². The van der Waals surface area contributed by atoms with Crippen LogP contribution < -0.4 is 5.32 Å². The molecule has 0 aromatic carbocycles. The summed E-state index contributed by atoms with van der Waals surface area (Å²) in [5.41, 5.74) is -1.12. The van der Waals surface area contributed by atoms with E-state index in [1.54, 1.807) is 6.92 Å². The Balaban J connectivity index is 1.91. The summed E-state index contributed by atoms with van der Waals surface area (Å²) in [5.74, 6) is -0.271. The van der Waals surface area contributed by atoms with Gasteiger partial charge in [0.15, 0.2) is 0 Å². The van der Waals surface area contributed by atoms with Crippen LogP contribution in [0.5, 0.6) is 0 Å². The van der Waals surface area contributed by atoms with Gasteiger partial charge in [-0.05, 0) is 26.2 Å². The first kappa shape index (κ1) is 14.3. The lowest BCUT2D eigenvalue weighted by atomic mass is 9.89. The van der Waals surface area contributed by atoms with Crippen molar-refractivity contribution >= 4 is 12.0 Å². The maximum absolute atomic E-state index is 12.2. The number of hydrogen-bond acceptors (Lipinski definition) is 4. The van der Waals surface area contributed by atoms with E-state index in [9.17, 15) is 14.7 Å². The summed E-state index contributed by atoms with van der Waals surface area (Å²) in [5, 5.41) is 18.5. The number of amides is 2. The van der Waals surface area contributed by atoms with E-state index in [1.807, 2.05) is 0 Å². The van der Waals surface area contributed by atoms with Crippen molar-refractivity contribution in [2.45, 2.75) is 38.1 Å². The Hall–Kier alpha value is -2.12. The van der Waals surface area contributed by atoms with E-state index < -0.39 is 11.5 Å². The van der Waals surface area contributed by atoms with E-state index in [0.29, 0.717) is 31.8 Å². The zero-order chi connectivity index (χ0) is 14.6. The number of carboxylic acid groups (broad SMARTS) is 1. The van der Waals surface area contributed by atoms with Crippen LogP contribution >= 0.6 is 0 Å². The number of carbonyl (C=O) groups excluding carboxylic acids is 1. The van der Waals surface area contributed by atoms with Gasteiger partial charge in [0.1, 0.15) is 17.7 Å². The van der Waals surface area contributed by atoms with Crippen molar-refractivity contribution < 1.29 is 14.7 Å². The highest BCUT2D eigenvalue weighted by Gasteiger charge is 2.43. The van der Waals surface area contributed by atoms with Crippen LogP contribution in [0.3, 0.4) is 0 Å². The fourth-order valence-corrected chi connectivity index (χ4v) is 2.40. The van der Waals surface area contributed by atoms with E-state index in [-0.39, 0.29) is 6.03 Å². The number of aliphatic carboxylic acids is 1. The molecule has 1 atom stereocenters. The first-order valence-electron chi connectivity index (χ1n) is 6.67. The summed E-state index contributed by atoms with van der Waals surface area (Å²) in [6.07, 6.45) is 4.08. The van der Waals surface area contributed by atoms with Crippen molar-refractivity contribution in [3.8, 4) is 0 Å². The number of aromatic nitrogens is 3. The highest BCUT2D eigenvalue weighted by molar-refractivity contribution is 5.86. The number of aromatic amines is 1. The number of likely N-dealkylation sites (tertiary alicyclic amines) is 1. The summed E-state index contributed by atoms with van der Waals surface area (Å²) in [4.78, 5) is 28.9. The normalized spacial score (nSPS) is 22.6. The largest absolute Gasteiger partial charge is 0.480 e. The van der Waals surface area contributed by atoms with Gasteiger partial charge in [-0.1, -0.05) is 0 Å². The minimum Gasteiger partial charge on any atom is -0.480 e. The molecule has 1 saturated heterocycles. The van der Waals surface area contributed by atoms with Gasteiger partial charge in [-0.2, -0.15) is 5.10 Å². The maximum atomic E-state index is 12.2. The number of nitrogens with one attached hydrogen (secondary N) is 2. The second kappa shape index (κ2) is 5.89. The van der Waals surface area contributed by atoms with Gasteiger partial charge in [-0.3, -0.25) is 5.10 Å². The molecule has 8 heteroatoms. The van der Waals surface area contributed by atoms with Gasteiger partial charge in [0.05, 0.1) is 0 Å². The van der Waals surface area contributed by atoms with Crippen molar-refractivity contribution in [3.05, 3.63) is 12.2 Å². The fourth-order valence-electron chi connectivity index (χ4n) is 2.40. The van der Waals surface area contributed by atoms with Crippen LogP contribution in [0.25, 0.3) is 0 Å². The fraction of sp³-hybridized carbons (Fsp3) is 0.667. The Morgan fingerprint density at radius 1 is 1.55 bits per heavy atom. The summed E-state index contributed by atoms with van der Waals surface area (Å²) in [6, 6.07) is -0.339. The molecular weight excluding hydrogens is 262 g/mol. The van der Waals surface area contributed by atoms with E-state index in [0.717, 1.165) is 12.8 Å². The lowest BCUT2D eigenvalue weighted by Crippen LogP contribution is -2.60. The molecule has 1 unspecified atom stereocenters. The van der Waals surface area contributed by atoms with Crippen molar-refractivity contribution in [1.82, 2.24) is 25.4 Å². The Morgan fingerprint density at radius 3 is 3.00 bits per heavy atom. The van der Waals surface area contributed by atoms with Gasteiger partial charge in [-0.15, -0.1) is 0 Å². The minimum atomic E-state index is -1.12. The molecule has 0 spiro atoms. The predicted molar refractivity (Wildman–Crippen MR) is 70.1 cm³/mol. The van der Waals surface area contributed by atoms with Gasteiger partial charge in [0.2, 0.25) is 0 Å². The minimum absolute atomic E-state index is 0.339. The molecule has 0 radical (unpaired) electrons. The van der Waals surface area contributed by atoms with Gasteiger partial charge in [0.25, 0.3) is 0 Å². The third kappa shape index (κ3) is 2.89. The molecule has 2 rings (SSSR count). The first-order valence-corrected chi connectivity index (χ1v) is 6.67. The average molecular weight is 281 g/mol. The maximum Gasteiger partial charge on any atom is 0.329 e. The van der Waals surface area contributed by atoms with Crippen LogP contribution in [0, 0.1) is 0 Å². The Labute approximate surface area is 116 Å². The standard InChI is InChI=1S/C12H19N5O3/c1-12(10(18)19)5-2-3-7-17(12)11(20)13-6-4-9-14-8-15-16-9/h8H,2-7H2,1H3,(H,13,20)(H,18,19)(H,14,15,16). The van der Waals surface area contributed by atoms with Crippen LogP contribution in [0.1, 0.15) is 32.0 Å². The third-order valence-electron chi connectivity index (χ3n) is 3.70. The van der Waals surface area contributed by atoms with E-state index in [4.69, 9.17) is 0 Å². The summed E-state index contributed by atoms with van der Waals surface area (Å²) < 4.78 is 0. The number of urea groups is 1. The lowest BCUT2D eigenvalue weighted by molar-refractivity contribution is -0.150. The number of carboxylic acids is 1. The quantitative estimate of drug-likeness (QED) is 0.739. The van der Waals surface area contributed by atoms with Crippen molar-refractivity contribution in [2.75, 3.05) is 13.1 Å². The highest BCUT2D eigenvalue weighted by Crippen LogP contribution is 2.28. The molecule has 1 aromatic heterocycles. The Morgan fingerprint density at radius 2 is 2.35 bits per heavy atom. The highest BCUT2D eigenvalue weighted by atomic mass is 16.4. The molecule has 3 N–H and O–H groups in total. The second-order valence-corrected chi connectivity index (χ2v) is 5.10. The van der Waals surface area contributed by atoms with Gasteiger partial charge in [0, 0.05) is 19.5 Å². The first-order chi connectivity index (χ1) is 9.54. The molecule has 0 bridgehead atoms. The van der Waals surface area contributed by atoms with Gasteiger partial charge < -0.3 is 15.3 Å². The van der Waals surface area contributed by atoms with Gasteiger partial charge in [-0.25, -0.2) is 14.6 Å². The van der Waals surface area contributed by atoms with Crippen LogP contribution in [0.15, 0.2) is 6.33 Å². The van der Waals surface area contributed by atoms with Gasteiger partial charge >= 0.3 is 12.0 Å². The monoisotopic (exact) mass is 281 g/mol. The number of H-pyrrole nitrogens is 1. The Kier molecular flexibility index (Phi) is 4.21. The van der Waals surface area contributed by atoms with Crippen LogP contribution in [-0.2, 0) is 11.2 Å². The smallest absolute Gasteiger partial charge is 0.329 e. The number of rotatable bonds is 4. The second-order valence-electron chi connectivity index (χ2n) is 5.10. The van der Waals surface area contributed by atoms with Crippen molar-refractivity contribution in [3.63, 3.8) is 0 Å². The molecule has 0 aliphatic carbocycles. The molecule has 2 amide bonds. The summed E-state index contributed by atoms with van der Waals surface area (Å²) in [7, 11) is 0. The number of nitrogens with zero attached hydrogens (tertiary/aromatic N) is 3. The lowest BCUT2D eigenvalue weighted by Gasteiger charge is -2.41. The van der Waals surface area contributed by atoms with Crippen molar-refractivity contribution in [2.24, 2.45) is 0 Å². The molecule has 1 aliphatic rings. The molecule has 2 heterocycles. The number of carbonyl (C=O) groups is 2.